The number of rotatable bonds is 11. The number of methoxy groups -OCH3 is 1. The van der Waals surface area contributed by atoms with Crippen molar-refractivity contribution in [1.82, 2.24) is 19.9 Å². The van der Waals surface area contributed by atoms with Gasteiger partial charge in [0.15, 0.2) is 0 Å². The van der Waals surface area contributed by atoms with Crippen LogP contribution in [0.5, 0.6) is 5.75 Å². The molecule has 0 atom stereocenters. The molecule has 2 aromatic heterocycles. The van der Waals surface area contributed by atoms with Gasteiger partial charge in [0.25, 0.3) is 5.91 Å². The third-order valence-electron chi connectivity index (χ3n) is 5.03. The first-order valence-electron chi connectivity index (χ1n) is 10.7. The number of carbonyl (C=O) groups excluding carboxylic acids is 1. The summed E-state index contributed by atoms with van der Waals surface area (Å²) in [5.41, 5.74) is 4.13. The van der Waals surface area contributed by atoms with Crippen LogP contribution in [-0.4, -0.2) is 54.0 Å². The van der Waals surface area contributed by atoms with Gasteiger partial charge in [-0.15, -0.1) is 0 Å². The molecule has 8 nitrogen and oxygen atoms in total. The Hall–Kier alpha value is -3.75. The van der Waals surface area contributed by atoms with Crippen molar-refractivity contribution in [3.05, 3.63) is 84.4 Å². The number of carbonyl (C=O) groups is 1. The lowest BCUT2D eigenvalue weighted by molar-refractivity contribution is 0.0544. The van der Waals surface area contributed by atoms with Crippen molar-refractivity contribution in [2.75, 3.05) is 33.5 Å². The summed E-state index contributed by atoms with van der Waals surface area (Å²) in [6, 6.07) is 17.0. The van der Waals surface area contributed by atoms with Gasteiger partial charge in [0, 0.05) is 37.3 Å². The maximum absolute atomic E-state index is 12.5. The molecule has 1 amide bonds. The molecule has 0 aliphatic rings. The molecule has 0 saturated heterocycles. The van der Waals surface area contributed by atoms with E-state index in [1.807, 2.05) is 47.0 Å². The largest absolute Gasteiger partial charge is 0.491 e. The van der Waals surface area contributed by atoms with Crippen molar-refractivity contribution in [3.8, 4) is 11.4 Å². The zero-order valence-electron chi connectivity index (χ0n) is 18.4. The molecular formula is C25H26N4O4. The van der Waals surface area contributed by atoms with Crippen molar-refractivity contribution in [1.29, 1.82) is 0 Å². The Labute approximate surface area is 192 Å². The van der Waals surface area contributed by atoms with Crippen LogP contribution in [0, 0.1) is 0 Å². The van der Waals surface area contributed by atoms with Gasteiger partial charge in [-0.05, 0) is 54.1 Å². The highest BCUT2D eigenvalue weighted by Gasteiger charge is 2.10. The van der Waals surface area contributed by atoms with E-state index < -0.39 is 0 Å². The molecule has 170 valence electrons. The first kappa shape index (κ1) is 22.4. The minimum absolute atomic E-state index is 0.150. The molecule has 0 radical (unpaired) electrons. The number of fused-ring (bicyclic) bond motifs is 1. The van der Waals surface area contributed by atoms with E-state index in [1.54, 1.807) is 38.0 Å². The standard InChI is InChI=1S/C25H26N4O4/c1-31-11-12-32-13-14-33-22-7-5-21(6-8-22)29-18-28-23-15-20(4-9-24(23)29)25(30)27-17-19-3-2-10-26-16-19/h2-10,15-16,18H,11-14,17H2,1H3,(H,27,30). The first-order valence-corrected chi connectivity index (χ1v) is 10.7. The quantitative estimate of drug-likeness (QED) is 0.356. The van der Waals surface area contributed by atoms with Crippen molar-refractivity contribution >= 4 is 16.9 Å². The second-order valence-corrected chi connectivity index (χ2v) is 7.31. The second kappa shape index (κ2) is 11.2. The van der Waals surface area contributed by atoms with Crippen LogP contribution in [0.1, 0.15) is 15.9 Å². The van der Waals surface area contributed by atoms with Crippen LogP contribution in [0.3, 0.4) is 0 Å². The highest BCUT2D eigenvalue weighted by Crippen LogP contribution is 2.21. The van der Waals surface area contributed by atoms with Gasteiger partial charge >= 0.3 is 0 Å². The van der Waals surface area contributed by atoms with Gasteiger partial charge in [0.1, 0.15) is 18.7 Å². The number of aromatic nitrogens is 3. The Bertz CT molecular complexity index is 1180. The number of hydrogen-bond acceptors (Lipinski definition) is 6. The number of pyridine rings is 1. The number of imidazole rings is 1. The van der Waals surface area contributed by atoms with E-state index in [0.29, 0.717) is 38.5 Å². The molecule has 0 bridgehead atoms. The number of nitrogens with one attached hydrogen (secondary N) is 1. The van der Waals surface area contributed by atoms with E-state index in [0.717, 1.165) is 28.0 Å². The van der Waals surface area contributed by atoms with E-state index in [9.17, 15) is 4.79 Å². The molecular weight excluding hydrogens is 420 g/mol. The molecule has 4 aromatic rings. The fourth-order valence-corrected chi connectivity index (χ4v) is 3.31. The van der Waals surface area contributed by atoms with E-state index >= 15 is 0 Å². The monoisotopic (exact) mass is 446 g/mol. The molecule has 0 aliphatic heterocycles. The third kappa shape index (κ3) is 5.94. The van der Waals surface area contributed by atoms with Crippen molar-refractivity contribution in [2.24, 2.45) is 0 Å². The maximum atomic E-state index is 12.5. The van der Waals surface area contributed by atoms with Crippen molar-refractivity contribution in [2.45, 2.75) is 6.54 Å². The van der Waals surface area contributed by atoms with Crippen LogP contribution in [0.4, 0.5) is 0 Å². The summed E-state index contributed by atoms with van der Waals surface area (Å²) in [6.45, 7) is 2.54. The highest BCUT2D eigenvalue weighted by molar-refractivity contribution is 5.97. The Morgan fingerprint density at radius 2 is 1.88 bits per heavy atom. The van der Waals surface area contributed by atoms with E-state index in [1.165, 1.54) is 0 Å². The van der Waals surface area contributed by atoms with Gasteiger partial charge in [-0.1, -0.05) is 6.07 Å². The molecule has 2 heterocycles. The number of hydrogen-bond donors (Lipinski definition) is 1. The van der Waals surface area contributed by atoms with Crippen LogP contribution < -0.4 is 10.1 Å². The van der Waals surface area contributed by atoms with Crippen LogP contribution in [0.25, 0.3) is 16.7 Å². The molecule has 1 N–H and O–H groups in total. The summed E-state index contributed by atoms with van der Waals surface area (Å²) in [4.78, 5) is 21.1. The maximum Gasteiger partial charge on any atom is 0.251 e. The van der Waals surface area contributed by atoms with Gasteiger partial charge in [0.05, 0.1) is 30.9 Å². The van der Waals surface area contributed by atoms with Crippen LogP contribution >= 0.6 is 0 Å². The number of ether oxygens (including phenoxy) is 3. The van der Waals surface area contributed by atoms with Gasteiger partial charge < -0.3 is 19.5 Å². The molecule has 2 aromatic carbocycles. The summed E-state index contributed by atoms with van der Waals surface area (Å²) < 4.78 is 18.0. The van der Waals surface area contributed by atoms with Crippen molar-refractivity contribution in [3.63, 3.8) is 0 Å². The molecule has 0 spiro atoms. The molecule has 8 heteroatoms. The summed E-state index contributed by atoms with van der Waals surface area (Å²) in [5.74, 6) is 0.620. The summed E-state index contributed by atoms with van der Waals surface area (Å²) in [6.07, 6.45) is 5.19. The Morgan fingerprint density at radius 1 is 1.03 bits per heavy atom. The highest BCUT2D eigenvalue weighted by atomic mass is 16.5. The average molecular weight is 447 g/mol. The molecule has 0 fully saturated rings. The Morgan fingerprint density at radius 3 is 2.67 bits per heavy atom. The summed E-state index contributed by atoms with van der Waals surface area (Å²) in [7, 11) is 1.64. The number of benzene rings is 2. The first-order chi connectivity index (χ1) is 16.2. The van der Waals surface area contributed by atoms with Crippen LogP contribution in [-0.2, 0) is 16.0 Å². The predicted octanol–water partition coefficient (Wildman–Crippen LogP) is 3.39. The normalized spacial score (nSPS) is 10.9. The zero-order valence-corrected chi connectivity index (χ0v) is 18.4. The summed E-state index contributed by atoms with van der Waals surface area (Å²) in [5, 5.41) is 2.91. The van der Waals surface area contributed by atoms with Gasteiger partial charge in [-0.2, -0.15) is 0 Å². The third-order valence-corrected chi connectivity index (χ3v) is 5.03. The van der Waals surface area contributed by atoms with Gasteiger partial charge in [0.2, 0.25) is 0 Å². The zero-order chi connectivity index (χ0) is 22.9. The fraction of sp³-hybridized carbons (Fsp3) is 0.240. The smallest absolute Gasteiger partial charge is 0.251 e. The lowest BCUT2D eigenvalue weighted by atomic mass is 10.1. The fourth-order valence-electron chi connectivity index (χ4n) is 3.31. The van der Waals surface area contributed by atoms with Crippen molar-refractivity contribution < 1.29 is 19.0 Å². The number of amides is 1. The lowest BCUT2D eigenvalue weighted by Gasteiger charge is -2.09. The topological polar surface area (TPSA) is 87.5 Å². The molecule has 0 unspecified atom stereocenters. The predicted molar refractivity (Wildman–Crippen MR) is 125 cm³/mol. The average Bonchev–Trinajstić information content (AvgIpc) is 3.29. The van der Waals surface area contributed by atoms with Crippen LogP contribution in [0.15, 0.2) is 73.3 Å². The number of nitrogens with zero attached hydrogens (tertiary/aromatic N) is 3. The molecule has 4 rings (SSSR count). The second-order valence-electron chi connectivity index (χ2n) is 7.31. The van der Waals surface area contributed by atoms with E-state index in [4.69, 9.17) is 14.2 Å². The SMILES string of the molecule is COCCOCCOc1ccc(-n2cnc3cc(C(=O)NCc4cccnc4)ccc32)cc1. The Balaban J connectivity index is 1.37. The molecule has 0 aliphatic carbocycles. The summed E-state index contributed by atoms with van der Waals surface area (Å²) >= 11 is 0. The van der Waals surface area contributed by atoms with E-state index in [-0.39, 0.29) is 5.91 Å². The van der Waals surface area contributed by atoms with Gasteiger partial charge in [-0.25, -0.2) is 4.98 Å². The minimum Gasteiger partial charge on any atom is -0.491 e. The lowest BCUT2D eigenvalue weighted by Crippen LogP contribution is -2.22. The molecule has 33 heavy (non-hydrogen) atoms. The van der Waals surface area contributed by atoms with Gasteiger partial charge in [-0.3, -0.25) is 14.3 Å². The Kier molecular flexibility index (Phi) is 7.63. The van der Waals surface area contributed by atoms with Crippen LogP contribution in [0.2, 0.25) is 0 Å². The van der Waals surface area contributed by atoms with E-state index in [2.05, 4.69) is 15.3 Å². The minimum atomic E-state index is -0.150. The molecule has 0 saturated carbocycles.